The highest BCUT2D eigenvalue weighted by atomic mass is 32.1. The number of aliphatic carboxylic acids is 1. The van der Waals surface area contributed by atoms with Crippen molar-refractivity contribution in [2.45, 2.75) is 19.0 Å². The molecule has 1 atom stereocenters. The molecule has 4 rings (SSSR count). The van der Waals surface area contributed by atoms with Crippen LogP contribution in [-0.2, 0) is 17.8 Å². The number of methoxy groups -OCH3 is 1. The Kier molecular flexibility index (Phi) is 8.89. The highest BCUT2D eigenvalue weighted by molar-refractivity contribution is 7.14. The van der Waals surface area contributed by atoms with Crippen LogP contribution in [0.1, 0.15) is 21.5 Å². The summed E-state index contributed by atoms with van der Waals surface area (Å²) in [6.07, 6.45) is 2.03. The molecule has 2 N–H and O–H groups in total. The Hall–Kier alpha value is -4.43. The number of amides is 1. The molecule has 3 aromatic carbocycles. The topological polar surface area (TPSA) is 91.8 Å². The number of hydrogen-bond acceptors (Lipinski definition) is 6. The van der Waals surface area contributed by atoms with Gasteiger partial charge in [-0.05, 0) is 35.4 Å². The predicted octanol–water partition coefficient (Wildman–Crippen LogP) is 5.44. The second-order valence-electron chi connectivity index (χ2n) is 8.64. The largest absolute Gasteiger partial charge is 0.496 e. The van der Waals surface area contributed by atoms with Gasteiger partial charge < -0.3 is 20.1 Å². The van der Waals surface area contributed by atoms with Crippen LogP contribution < -0.4 is 15.0 Å². The maximum absolute atomic E-state index is 12.8. The van der Waals surface area contributed by atoms with Crippen molar-refractivity contribution >= 4 is 28.3 Å². The number of ether oxygens (including phenoxy) is 1. The highest BCUT2D eigenvalue weighted by Gasteiger charge is 2.21. The zero-order valence-electron chi connectivity index (χ0n) is 21.0. The standard InChI is InChI=1S/C30H29N3O4S/c1-3-17-33(30-32-26(20-38-30)24-11-7-8-12-27(24)37-2)19-22-13-15-23(16-14-22)28(34)31-25(29(35)36)18-21-9-5-4-6-10-21/h3-16,20,25H,1,17-19H2,2H3,(H,31,34)(H,35,36). The van der Waals surface area contributed by atoms with Gasteiger partial charge in [-0.25, -0.2) is 9.78 Å². The molecule has 8 heteroatoms. The second-order valence-corrected chi connectivity index (χ2v) is 9.47. The zero-order valence-corrected chi connectivity index (χ0v) is 21.9. The smallest absolute Gasteiger partial charge is 0.326 e. The molecule has 0 fully saturated rings. The van der Waals surface area contributed by atoms with E-state index < -0.39 is 17.9 Å². The van der Waals surface area contributed by atoms with Crippen molar-refractivity contribution < 1.29 is 19.4 Å². The van der Waals surface area contributed by atoms with E-state index in [2.05, 4.69) is 16.8 Å². The first kappa shape index (κ1) is 26.6. The van der Waals surface area contributed by atoms with Gasteiger partial charge in [-0.15, -0.1) is 17.9 Å². The number of nitrogens with one attached hydrogen (secondary N) is 1. The SMILES string of the molecule is C=CCN(Cc1ccc(C(=O)NC(Cc2ccccc2)C(=O)O)cc1)c1nc(-c2ccccc2OC)cs1. The summed E-state index contributed by atoms with van der Waals surface area (Å²) in [5.41, 5.74) is 3.99. The van der Waals surface area contributed by atoms with Gasteiger partial charge in [0.05, 0.1) is 12.8 Å². The van der Waals surface area contributed by atoms with Gasteiger partial charge in [0.2, 0.25) is 0 Å². The molecule has 0 aliphatic heterocycles. The quantitative estimate of drug-likeness (QED) is 0.239. The summed E-state index contributed by atoms with van der Waals surface area (Å²) in [4.78, 5) is 31.4. The van der Waals surface area contributed by atoms with Gasteiger partial charge in [0.1, 0.15) is 11.8 Å². The van der Waals surface area contributed by atoms with E-state index in [-0.39, 0.29) is 6.42 Å². The lowest BCUT2D eigenvalue weighted by molar-refractivity contribution is -0.139. The third-order valence-corrected chi connectivity index (χ3v) is 6.87. The van der Waals surface area contributed by atoms with Gasteiger partial charge in [-0.2, -0.15) is 0 Å². The van der Waals surface area contributed by atoms with E-state index in [0.29, 0.717) is 18.7 Å². The van der Waals surface area contributed by atoms with Crippen LogP contribution in [-0.4, -0.2) is 41.7 Å². The van der Waals surface area contributed by atoms with E-state index in [1.165, 1.54) is 0 Å². The summed E-state index contributed by atoms with van der Waals surface area (Å²) in [6.45, 7) is 5.05. The number of nitrogens with zero attached hydrogens (tertiary/aromatic N) is 2. The van der Waals surface area contributed by atoms with Crippen LogP contribution in [0.4, 0.5) is 5.13 Å². The van der Waals surface area contributed by atoms with Gasteiger partial charge in [-0.1, -0.05) is 60.7 Å². The van der Waals surface area contributed by atoms with Crippen molar-refractivity contribution in [1.82, 2.24) is 10.3 Å². The van der Waals surface area contributed by atoms with Gasteiger partial charge >= 0.3 is 5.97 Å². The van der Waals surface area contributed by atoms with Crippen LogP contribution in [0, 0.1) is 0 Å². The highest BCUT2D eigenvalue weighted by Crippen LogP contribution is 2.33. The van der Waals surface area contributed by atoms with Crippen LogP contribution in [0.3, 0.4) is 0 Å². The normalized spacial score (nSPS) is 11.4. The summed E-state index contributed by atoms with van der Waals surface area (Å²) in [6, 6.07) is 23.1. The minimum atomic E-state index is -1.07. The van der Waals surface area contributed by atoms with Crippen LogP contribution >= 0.6 is 11.3 Å². The number of hydrogen-bond donors (Lipinski definition) is 2. The van der Waals surface area contributed by atoms with Crippen molar-refractivity contribution in [1.29, 1.82) is 0 Å². The Morgan fingerprint density at radius 2 is 1.76 bits per heavy atom. The molecular formula is C30H29N3O4S. The van der Waals surface area contributed by atoms with Crippen molar-refractivity contribution in [3.8, 4) is 17.0 Å². The number of rotatable bonds is 12. The van der Waals surface area contributed by atoms with Crippen LogP contribution in [0.5, 0.6) is 5.75 Å². The number of thiazole rings is 1. The first-order chi connectivity index (χ1) is 18.5. The molecule has 1 unspecified atom stereocenters. The summed E-state index contributed by atoms with van der Waals surface area (Å²) >= 11 is 1.54. The number of carbonyl (C=O) groups is 2. The molecule has 0 bridgehead atoms. The van der Waals surface area contributed by atoms with Crippen molar-refractivity contribution in [3.05, 3.63) is 114 Å². The number of anilines is 1. The van der Waals surface area contributed by atoms with Crippen LogP contribution in [0.2, 0.25) is 0 Å². The molecule has 0 saturated carbocycles. The lowest BCUT2D eigenvalue weighted by atomic mass is 10.1. The number of benzene rings is 3. The Labute approximate surface area is 226 Å². The average molecular weight is 528 g/mol. The number of para-hydroxylation sites is 1. The molecule has 0 aliphatic carbocycles. The molecule has 1 amide bonds. The van der Waals surface area contributed by atoms with E-state index in [4.69, 9.17) is 9.72 Å². The lowest BCUT2D eigenvalue weighted by Crippen LogP contribution is -2.42. The van der Waals surface area contributed by atoms with Crippen molar-refractivity contribution in [2.24, 2.45) is 0 Å². The molecule has 0 spiro atoms. The predicted molar refractivity (Wildman–Crippen MR) is 151 cm³/mol. The lowest BCUT2D eigenvalue weighted by Gasteiger charge is -2.20. The number of carboxylic acid groups (broad SMARTS) is 1. The Balaban J connectivity index is 1.44. The van der Waals surface area contributed by atoms with Gasteiger partial charge in [-0.3, -0.25) is 4.79 Å². The molecular weight excluding hydrogens is 498 g/mol. The first-order valence-corrected chi connectivity index (χ1v) is 13.0. The minimum Gasteiger partial charge on any atom is -0.496 e. The van der Waals surface area contributed by atoms with Gasteiger partial charge in [0.15, 0.2) is 5.13 Å². The number of carboxylic acids is 1. The zero-order chi connectivity index (χ0) is 26.9. The van der Waals surface area contributed by atoms with E-state index in [0.717, 1.165) is 33.3 Å². The summed E-state index contributed by atoms with van der Waals surface area (Å²) < 4.78 is 5.48. The fraction of sp³-hybridized carbons (Fsp3) is 0.167. The van der Waals surface area contributed by atoms with Crippen molar-refractivity contribution in [2.75, 3.05) is 18.6 Å². The van der Waals surface area contributed by atoms with E-state index >= 15 is 0 Å². The molecule has 194 valence electrons. The molecule has 7 nitrogen and oxygen atoms in total. The van der Waals surface area contributed by atoms with E-state index in [9.17, 15) is 14.7 Å². The van der Waals surface area contributed by atoms with Gasteiger partial charge in [0.25, 0.3) is 5.91 Å². The van der Waals surface area contributed by atoms with Crippen LogP contribution in [0.25, 0.3) is 11.3 Å². The molecule has 4 aromatic rings. The van der Waals surface area contributed by atoms with Gasteiger partial charge in [0, 0.05) is 36.0 Å². The fourth-order valence-electron chi connectivity index (χ4n) is 4.03. The van der Waals surface area contributed by atoms with E-state index in [1.807, 2.05) is 78.2 Å². The molecule has 0 radical (unpaired) electrons. The molecule has 1 heterocycles. The first-order valence-electron chi connectivity index (χ1n) is 12.1. The Morgan fingerprint density at radius 1 is 1.05 bits per heavy atom. The second kappa shape index (κ2) is 12.7. The fourth-order valence-corrected chi connectivity index (χ4v) is 4.86. The summed E-state index contributed by atoms with van der Waals surface area (Å²) in [7, 11) is 1.64. The third kappa shape index (κ3) is 6.66. The maximum Gasteiger partial charge on any atom is 0.326 e. The van der Waals surface area contributed by atoms with Crippen LogP contribution in [0.15, 0.2) is 96.9 Å². The molecule has 0 aliphatic rings. The van der Waals surface area contributed by atoms with Crippen molar-refractivity contribution in [3.63, 3.8) is 0 Å². The maximum atomic E-state index is 12.8. The molecule has 1 aromatic heterocycles. The Morgan fingerprint density at radius 3 is 2.45 bits per heavy atom. The summed E-state index contributed by atoms with van der Waals surface area (Å²) in [5, 5.41) is 15.1. The monoisotopic (exact) mass is 527 g/mol. The number of aromatic nitrogens is 1. The summed E-state index contributed by atoms with van der Waals surface area (Å²) in [5.74, 6) is -0.735. The van der Waals surface area contributed by atoms with E-state index in [1.54, 1.807) is 30.6 Å². The third-order valence-electron chi connectivity index (χ3n) is 5.97. The minimum absolute atomic E-state index is 0.209. The average Bonchev–Trinajstić information content (AvgIpc) is 3.43. The molecule has 38 heavy (non-hydrogen) atoms. The Bertz CT molecular complexity index is 1390. The molecule has 0 saturated heterocycles. The number of carbonyl (C=O) groups excluding carboxylic acids is 1.